The van der Waals surface area contributed by atoms with Crippen molar-refractivity contribution in [3.8, 4) is 6.07 Å². The highest BCUT2D eigenvalue weighted by Gasteiger charge is 2.40. The number of rotatable bonds is 5. The minimum Gasteiger partial charge on any atom is -0.321 e. The molecule has 0 aromatic heterocycles. The van der Waals surface area contributed by atoms with Crippen molar-refractivity contribution in [2.75, 3.05) is 10.2 Å². The van der Waals surface area contributed by atoms with Gasteiger partial charge in [0, 0.05) is 11.4 Å². The monoisotopic (exact) mass is 521 g/mol. The highest BCUT2D eigenvalue weighted by molar-refractivity contribution is 8.05. The van der Waals surface area contributed by atoms with E-state index in [1.807, 2.05) is 62.4 Å². The van der Waals surface area contributed by atoms with Crippen molar-refractivity contribution in [3.63, 3.8) is 0 Å². The molecule has 0 unspecified atom stereocenters. The van der Waals surface area contributed by atoms with Gasteiger partial charge in [-0.25, -0.2) is 0 Å². The predicted molar refractivity (Wildman–Crippen MR) is 143 cm³/mol. The number of carbonyl (C=O) groups is 2. The summed E-state index contributed by atoms with van der Waals surface area (Å²) in [6.45, 7) is 3.90. The quantitative estimate of drug-likeness (QED) is 0.300. The molecule has 4 rings (SSSR count). The maximum absolute atomic E-state index is 13.6. The lowest BCUT2D eigenvalue weighted by atomic mass is 10.1. The number of carbonyl (C=O) groups excluding carboxylic acids is 2. The van der Waals surface area contributed by atoms with Gasteiger partial charge in [-0.15, -0.1) is 0 Å². The third kappa shape index (κ3) is 5.54. The van der Waals surface area contributed by atoms with Gasteiger partial charge < -0.3 is 5.32 Å². The number of thioether (sulfide) groups is 1. The van der Waals surface area contributed by atoms with Crippen molar-refractivity contribution in [1.82, 2.24) is 0 Å². The first-order valence-electron chi connectivity index (χ1n) is 10.8. The molecule has 1 N–H and O–H groups in total. The second-order valence-corrected chi connectivity index (χ2v) is 10.2. The number of nitriles is 1. The number of anilines is 2. The molecular formula is C27H21Cl2N3O2S. The second-order valence-electron chi connectivity index (χ2n) is 8.18. The Labute approximate surface area is 218 Å². The van der Waals surface area contributed by atoms with Crippen LogP contribution in [0.15, 0.2) is 77.3 Å². The number of amides is 2. The van der Waals surface area contributed by atoms with E-state index < -0.39 is 11.2 Å². The van der Waals surface area contributed by atoms with Crippen LogP contribution in [0.3, 0.4) is 0 Å². The Morgan fingerprint density at radius 1 is 1.00 bits per heavy atom. The molecule has 2 amide bonds. The van der Waals surface area contributed by atoms with Crippen LogP contribution in [0.5, 0.6) is 0 Å². The van der Waals surface area contributed by atoms with Gasteiger partial charge in [0.2, 0.25) is 5.91 Å². The Bertz CT molecular complexity index is 1360. The SMILES string of the molecule is Cc1ccc(NC(=O)/C(C#N)=C2\S[C@H](Cc3ccc(Cl)c(Cl)c3)C(=O)N2c2ccc(C)cc2)cc1. The number of hydrogen-bond acceptors (Lipinski definition) is 4. The molecule has 3 aromatic carbocycles. The Morgan fingerprint density at radius 3 is 2.23 bits per heavy atom. The zero-order valence-electron chi connectivity index (χ0n) is 19.0. The molecule has 0 bridgehead atoms. The molecule has 0 saturated carbocycles. The van der Waals surface area contributed by atoms with Crippen molar-refractivity contribution in [3.05, 3.63) is 104 Å². The molecule has 1 fully saturated rings. The van der Waals surface area contributed by atoms with Crippen molar-refractivity contribution in [2.45, 2.75) is 25.5 Å². The lowest BCUT2D eigenvalue weighted by molar-refractivity contribution is -0.117. The molecular weight excluding hydrogens is 501 g/mol. The molecule has 1 saturated heterocycles. The van der Waals surface area contributed by atoms with E-state index in [1.165, 1.54) is 16.7 Å². The first-order chi connectivity index (χ1) is 16.8. The van der Waals surface area contributed by atoms with E-state index in [0.717, 1.165) is 16.7 Å². The Balaban J connectivity index is 1.72. The van der Waals surface area contributed by atoms with E-state index in [0.29, 0.717) is 32.9 Å². The van der Waals surface area contributed by atoms with Gasteiger partial charge in [0.1, 0.15) is 16.7 Å². The van der Waals surface area contributed by atoms with Crippen LogP contribution in [0, 0.1) is 25.2 Å². The van der Waals surface area contributed by atoms with E-state index in [-0.39, 0.29) is 11.5 Å². The molecule has 35 heavy (non-hydrogen) atoms. The summed E-state index contributed by atoms with van der Waals surface area (Å²) in [5.41, 5.74) is 3.95. The van der Waals surface area contributed by atoms with Gasteiger partial charge >= 0.3 is 0 Å². The third-order valence-electron chi connectivity index (χ3n) is 5.51. The maximum atomic E-state index is 13.6. The van der Waals surface area contributed by atoms with Gasteiger partial charge in [-0.1, -0.05) is 76.4 Å². The molecule has 8 heteroatoms. The first-order valence-corrected chi connectivity index (χ1v) is 12.4. The third-order valence-corrected chi connectivity index (χ3v) is 7.51. The lowest BCUT2D eigenvalue weighted by Gasteiger charge is -2.19. The zero-order chi connectivity index (χ0) is 25.1. The summed E-state index contributed by atoms with van der Waals surface area (Å²) in [4.78, 5) is 28.2. The zero-order valence-corrected chi connectivity index (χ0v) is 21.3. The molecule has 5 nitrogen and oxygen atoms in total. The number of halogens is 2. The number of nitrogens with zero attached hydrogens (tertiary/aromatic N) is 2. The molecule has 0 spiro atoms. The summed E-state index contributed by atoms with van der Waals surface area (Å²) in [6.07, 6.45) is 0.366. The van der Waals surface area contributed by atoms with Crippen LogP contribution in [0.4, 0.5) is 11.4 Å². The van der Waals surface area contributed by atoms with E-state index >= 15 is 0 Å². The topological polar surface area (TPSA) is 73.2 Å². The normalized spacial score (nSPS) is 16.7. The van der Waals surface area contributed by atoms with Crippen LogP contribution in [0.1, 0.15) is 16.7 Å². The maximum Gasteiger partial charge on any atom is 0.269 e. The second kappa shape index (κ2) is 10.6. The molecule has 1 aliphatic heterocycles. The summed E-state index contributed by atoms with van der Waals surface area (Å²) in [6, 6.07) is 21.9. The van der Waals surface area contributed by atoms with Crippen molar-refractivity contribution in [2.24, 2.45) is 0 Å². The van der Waals surface area contributed by atoms with Crippen molar-refractivity contribution in [1.29, 1.82) is 5.26 Å². The molecule has 1 atom stereocenters. The summed E-state index contributed by atoms with van der Waals surface area (Å²) in [7, 11) is 0. The smallest absolute Gasteiger partial charge is 0.269 e. The van der Waals surface area contributed by atoms with E-state index in [9.17, 15) is 14.9 Å². The number of aryl methyl sites for hydroxylation is 2. The van der Waals surface area contributed by atoms with E-state index in [1.54, 1.807) is 24.3 Å². The highest BCUT2D eigenvalue weighted by Crippen LogP contribution is 2.42. The van der Waals surface area contributed by atoms with Crippen LogP contribution in [-0.4, -0.2) is 17.1 Å². The average molecular weight is 522 g/mol. The van der Waals surface area contributed by atoms with Gasteiger partial charge in [-0.2, -0.15) is 5.26 Å². The minimum atomic E-state index is -0.570. The van der Waals surface area contributed by atoms with Gasteiger partial charge in [0.05, 0.1) is 15.3 Å². The molecule has 176 valence electrons. The molecule has 1 aliphatic rings. The fourth-order valence-corrected chi connectivity index (χ4v) is 5.26. The minimum absolute atomic E-state index is 0.124. The van der Waals surface area contributed by atoms with E-state index in [4.69, 9.17) is 23.2 Å². The van der Waals surface area contributed by atoms with Gasteiger partial charge in [-0.05, 0) is 62.2 Å². The fourth-order valence-electron chi connectivity index (χ4n) is 3.63. The first kappa shape index (κ1) is 24.9. The fraction of sp³-hybridized carbons (Fsp3) is 0.148. The van der Waals surface area contributed by atoms with Crippen LogP contribution >= 0.6 is 35.0 Å². The summed E-state index contributed by atoms with van der Waals surface area (Å²) in [5.74, 6) is -0.783. The summed E-state index contributed by atoms with van der Waals surface area (Å²) in [5, 5.41) is 13.3. The highest BCUT2D eigenvalue weighted by atomic mass is 35.5. The number of benzene rings is 3. The predicted octanol–water partition coefficient (Wildman–Crippen LogP) is 6.68. The molecule has 1 heterocycles. The number of hydrogen-bond donors (Lipinski definition) is 1. The summed E-state index contributed by atoms with van der Waals surface area (Å²) >= 11 is 13.4. The van der Waals surface area contributed by atoms with E-state index in [2.05, 4.69) is 5.32 Å². The lowest BCUT2D eigenvalue weighted by Crippen LogP contribution is -2.30. The summed E-state index contributed by atoms with van der Waals surface area (Å²) < 4.78 is 0. The molecule has 0 aliphatic carbocycles. The molecule has 0 radical (unpaired) electrons. The van der Waals surface area contributed by atoms with Crippen LogP contribution in [0.25, 0.3) is 0 Å². The standard InChI is InChI=1S/C27H21Cl2N3O2S/c1-16-3-8-19(9-4-16)31-25(33)21(15-30)27-32(20-10-5-17(2)6-11-20)26(34)24(35-27)14-18-7-12-22(28)23(29)13-18/h3-13,24H,14H2,1-2H3,(H,31,33)/b27-21-/t24-/m1/s1. The van der Waals surface area contributed by atoms with Crippen LogP contribution in [-0.2, 0) is 16.0 Å². The van der Waals surface area contributed by atoms with Crippen molar-refractivity contribution < 1.29 is 9.59 Å². The Morgan fingerprint density at radius 2 is 1.63 bits per heavy atom. The van der Waals surface area contributed by atoms with Gasteiger partial charge in [0.25, 0.3) is 5.91 Å². The van der Waals surface area contributed by atoms with Gasteiger partial charge in [0.15, 0.2) is 0 Å². The number of nitrogens with one attached hydrogen (secondary N) is 1. The largest absolute Gasteiger partial charge is 0.321 e. The van der Waals surface area contributed by atoms with Crippen LogP contribution < -0.4 is 10.2 Å². The average Bonchev–Trinajstić information content (AvgIpc) is 3.14. The Kier molecular flexibility index (Phi) is 7.51. The van der Waals surface area contributed by atoms with Crippen molar-refractivity contribution >= 4 is 58.2 Å². The Hall–Kier alpha value is -3.24. The van der Waals surface area contributed by atoms with Crippen LogP contribution in [0.2, 0.25) is 10.0 Å². The molecule has 3 aromatic rings. The van der Waals surface area contributed by atoms with Gasteiger partial charge in [-0.3, -0.25) is 14.5 Å².